The number of nitrogens with two attached hydrogens (primary N) is 1. The second-order valence-corrected chi connectivity index (χ2v) is 8.34. The van der Waals surface area contributed by atoms with Crippen molar-refractivity contribution in [2.45, 2.75) is 29.4 Å². The molecule has 0 fully saturated rings. The van der Waals surface area contributed by atoms with Crippen LogP contribution in [0.1, 0.15) is 18.9 Å². The highest BCUT2D eigenvalue weighted by Crippen LogP contribution is 2.44. The van der Waals surface area contributed by atoms with E-state index in [9.17, 15) is 4.39 Å². The molecule has 2 aromatic rings. The van der Waals surface area contributed by atoms with Gasteiger partial charge in [0.25, 0.3) is 0 Å². The lowest BCUT2D eigenvalue weighted by atomic mass is 9.99. The number of halogens is 4. The van der Waals surface area contributed by atoms with E-state index < -0.39 is 4.75 Å². The van der Waals surface area contributed by atoms with E-state index in [0.29, 0.717) is 32.8 Å². The predicted octanol–water partition coefficient (Wildman–Crippen LogP) is 6.21. The molecule has 0 radical (unpaired) electrons. The van der Waals surface area contributed by atoms with Crippen LogP contribution >= 0.6 is 46.6 Å². The van der Waals surface area contributed by atoms with Gasteiger partial charge in [-0.3, -0.25) is 5.41 Å². The molecule has 0 saturated carbocycles. The second kappa shape index (κ2) is 7.96. The molecule has 0 aromatic heterocycles. The minimum atomic E-state index is -0.699. The van der Waals surface area contributed by atoms with Crippen molar-refractivity contribution >= 4 is 52.4 Å². The minimum Gasteiger partial charge on any atom is -0.386 e. The van der Waals surface area contributed by atoms with Crippen molar-refractivity contribution in [3.05, 3.63) is 62.8 Å². The summed E-state index contributed by atoms with van der Waals surface area (Å²) < 4.78 is 12.3. The summed E-state index contributed by atoms with van der Waals surface area (Å²) in [4.78, 5) is 0.638. The third-order valence-electron chi connectivity index (χ3n) is 3.66. The molecular weight excluding hydrogens is 390 g/mol. The number of benzene rings is 2. The lowest BCUT2D eigenvalue weighted by Gasteiger charge is -2.28. The first-order chi connectivity index (χ1) is 11.2. The van der Waals surface area contributed by atoms with Crippen LogP contribution in [0.4, 0.5) is 4.39 Å². The number of aryl methyl sites for hydroxylation is 1. The minimum absolute atomic E-state index is 0.0247. The number of amidine groups is 1. The molecule has 0 bridgehead atoms. The Hall–Kier alpha value is -0.940. The number of nitrogens with one attached hydrogen (secondary N) is 1. The third-order valence-corrected chi connectivity index (χ3v) is 6.22. The molecular formula is C17H16Cl3FN2S. The van der Waals surface area contributed by atoms with Crippen LogP contribution in [0.2, 0.25) is 15.1 Å². The fraction of sp³-hybridized carbons (Fsp3) is 0.235. The van der Waals surface area contributed by atoms with Crippen molar-refractivity contribution in [1.29, 1.82) is 5.41 Å². The van der Waals surface area contributed by atoms with Gasteiger partial charge in [0.2, 0.25) is 0 Å². The van der Waals surface area contributed by atoms with Crippen LogP contribution in [-0.4, -0.2) is 10.6 Å². The van der Waals surface area contributed by atoms with Crippen molar-refractivity contribution in [2.75, 3.05) is 0 Å². The van der Waals surface area contributed by atoms with Crippen molar-refractivity contribution in [1.82, 2.24) is 0 Å². The van der Waals surface area contributed by atoms with Crippen LogP contribution in [-0.2, 0) is 6.42 Å². The van der Waals surface area contributed by atoms with Gasteiger partial charge in [-0.15, -0.1) is 11.8 Å². The van der Waals surface area contributed by atoms with E-state index in [-0.39, 0.29) is 11.7 Å². The summed E-state index contributed by atoms with van der Waals surface area (Å²) in [7, 11) is 0. The largest absolute Gasteiger partial charge is 0.386 e. The highest BCUT2D eigenvalue weighted by atomic mass is 35.5. The Morgan fingerprint density at radius 3 is 2.21 bits per heavy atom. The van der Waals surface area contributed by atoms with Crippen LogP contribution in [0, 0.1) is 11.2 Å². The molecule has 0 heterocycles. The molecule has 2 rings (SSSR count). The Labute approximate surface area is 160 Å². The van der Waals surface area contributed by atoms with Gasteiger partial charge >= 0.3 is 0 Å². The normalized spacial score (nSPS) is 13.5. The van der Waals surface area contributed by atoms with Crippen LogP contribution in [0.3, 0.4) is 0 Å². The first kappa shape index (κ1) is 19.4. The Morgan fingerprint density at radius 1 is 1.17 bits per heavy atom. The summed E-state index contributed by atoms with van der Waals surface area (Å²) in [6.45, 7) is 1.87. The first-order valence-corrected chi connectivity index (χ1v) is 9.09. The van der Waals surface area contributed by atoms with E-state index >= 15 is 0 Å². The lowest BCUT2D eigenvalue weighted by molar-refractivity contribution is 0.626. The van der Waals surface area contributed by atoms with Crippen LogP contribution < -0.4 is 5.73 Å². The van der Waals surface area contributed by atoms with E-state index in [4.69, 9.17) is 45.9 Å². The Morgan fingerprint density at radius 2 is 1.71 bits per heavy atom. The number of thioether (sulfide) groups is 1. The zero-order chi connectivity index (χ0) is 17.9. The summed E-state index contributed by atoms with van der Waals surface area (Å²) in [5.41, 5.74) is 6.80. The maximum atomic E-state index is 13.0. The van der Waals surface area contributed by atoms with Crippen LogP contribution in [0.5, 0.6) is 0 Å². The summed E-state index contributed by atoms with van der Waals surface area (Å²) >= 11 is 19.7. The molecule has 0 aliphatic heterocycles. The number of hydrogen-bond acceptors (Lipinski definition) is 2. The molecule has 3 N–H and O–H groups in total. The Kier molecular flexibility index (Phi) is 6.43. The lowest BCUT2D eigenvalue weighted by Crippen LogP contribution is -2.37. The molecule has 0 saturated heterocycles. The van der Waals surface area contributed by atoms with E-state index in [1.165, 1.54) is 23.9 Å². The van der Waals surface area contributed by atoms with E-state index in [0.717, 1.165) is 5.56 Å². The number of hydrogen-bond donors (Lipinski definition) is 2. The first-order valence-electron chi connectivity index (χ1n) is 7.14. The van der Waals surface area contributed by atoms with Gasteiger partial charge in [0, 0.05) is 9.92 Å². The fourth-order valence-corrected chi connectivity index (χ4v) is 4.25. The third kappa shape index (κ3) is 4.79. The highest BCUT2D eigenvalue weighted by Gasteiger charge is 2.31. The maximum Gasteiger partial charge on any atom is 0.123 e. The van der Waals surface area contributed by atoms with Crippen LogP contribution in [0.25, 0.3) is 0 Å². The van der Waals surface area contributed by atoms with Gasteiger partial charge in [-0.1, -0.05) is 46.9 Å². The monoisotopic (exact) mass is 404 g/mol. The van der Waals surface area contributed by atoms with Gasteiger partial charge < -0.3 is 5.73 Å². The molecule has 0 amide bonds. The molecule has 2 aromatic carbocycles. The Balaban J connectivity index is 2.21. The average molecular weight is 406 g/mol. The van der Waals surface area contributed by atoms with Gasteiger partial charge in [0.05, 0.1) is 14.8 Å². The summed E-state index contributed by atoms with van der Waals surface area (Å²) in [5.74, 6) is -0.251. The zero-order valence-corrected chi connectivity index (χ0v) is 16.0. The molecule has 1 atom stereocenters. The molecule has 0 spiro atoms. The standard InChI is InChI=1S/C17H16Cl3FN2S/c1-17(16(22)23,7-6-10-2-4-12(21)5-3-10)24-15-13(19)8-11(18)9-14(15)20/h2-5,8-9H,6-7H2,1H3,(H3,22,23). The smallest absolute Gasteiger partial charge is 0.123 e. The van der Waals surface area contributed by atoms with Gasteiger partial charge in [-0.05, 0) is 49.6 Å². The summed E-state index contributed by atoms with van der Waals surface area (Å²) in [5, 5.41) is 9.26. The van der Waals surface area contributed by atoms with E-state index in [2.05, 4.69) is 0 Å². The van der Waals surface area contributed by atoms with E-state index in [1.54, 1.807) is 24.3 Å². The maximum absolute atomic E-state index is 13.0. The molecule has 1 unspecified atom stereocenters. The van der Waals surface area contributed by atoms with Gasteiger partial charge in [-0.2, -0.15) is 0 Å². The van der Waals surface area contributed by atoms with Gasteiger partial charge in [0.15, 0.2) is 0 Å². The van der Waals surface area contributed by atoms with Gasteiger partial charge in [-0.25, -0.2) is 4.39 Å². The average Bonchev–Trinajstić information content (AvgIpc) is 2.50. The van der Waals surface area contributed by atoms with Crippen molar-refractivity contribution in [3.63, 3.8) is 0 Å². The zero-order valence-electron chi connectivity index (χ0n) is 12.9. The molecule has 0 aliphatic carbocycles. The van der Waals surface area contributed by atoms with Crippen LogP contribution in [0.15, 0.2) is 41.3 Å². The topological polar surface area (TPSA) is 49.9 Å². The molecule has 0 aliphatic rings. The quantitative estimate of drug-likeness (QED) is 0.341. The highest BCUT2D eigenvalue weighted by molar-refractivity contribution is 8.01. The fourth-order valence-electron chi connectivity index (χ4n) is 2.13. The van der Waals surface area contributed by atoms with Crippen molar-refractivity contribution in [2.24, 2.45) is 5.73 Å². The molecule has 7 heteroatoms. The van der Waals surface area contributed by atoms with Crippen molar-refractivity contribution < 1.29 is 4.39 Å². The van der Waals surface area contributed by atoms with Gasteiger partial charge in [0.1, 0.15) is 11.7 Å². The van der Waals surface area contributed by atoms with Crippen molar-refractivity contribution in [3.8, 4) is 0 Å². The SMILES string of the molecule is CC(CCc1ccc(F)cc1)(Sc1c(Cl)cc(Cl)cc1Cl)C(=N)N. The predicted molar refractivity (Wildman–Crippen MR) is 102 cm³/mol. The summed E-state index contributed by atoms with van der Waals surface area (Å²) in [6, 6.07) is 9.50. The van der Waals surface area contributed by atoms with E-state index in [1.807, 2.05) is 6.92 Å². The molecule has 24 heavy (non-hydrogen) atoms. The number of rotatable bonds is 6. The molecule has 2 nitrogen and oxygen atoms in total. The molecule has 128 valence electrons. The summed E-state index contributed by atoms with van der Waals surface area (Å²) in [6.07, 6.45) is 1.22. The Bertz CT molecular complexity index is 729. The second-order valence-electron chi connectivity index (χ2n) is 5.57.